The maximum absolute atomic E-state index is 5.06. The molecule has 130 valence electrons. The van der Waals surface area contributed by atoms with Gasteiger partial charge in [-0.25, -0.2) is 4.98 Å². The molecule has 6 heteroatoms. The summed E-state index contributed by atoms with van der Waals surface area (Å²) < 4.78 is 5.06. The average molecular weight is 329 g/mol. The van der Waals surface area contributed by atoms with E-state index in [4.69, 9.17) is 9.72 Å². The van der Waals surface area contributed by atoms with Crippen molar-refractivity contribution in [1.82, 2.24) is 15.6 Å². The van der Waals surface area contributed by atoms with E-state index in [9.17, 15) is 0 Å². The Bertz CT molecular complexity index is 684. The van der Waals surface area contributed by atoms with Crippen molar-refractivity contribution in [1.29, 1.82) is 0 Å². The molecule has 0 spiro atoms. The fourth-order valence-corrected chi connectivity index (χ4v) is 2.43. The van der Waals surface area contributed by atoms with Gasteiger partial charge in [-0.2, -0.15) is 0 Å². The summed E-state index contributed by atoms with van der Waals surface area (Å²) in [6, 6.07) is 10.3. The van der Waals surface area contributed by atoms with Crippen molar-refractivity contribution in [3.63, 3.8) is 0 Å². The Kier molecular flexibility index (Phi) is 6.81. The first-order chi connectivity index (χ1) is 11.7. The molecule has 2 aromatic rings. The van der Waals surface area contributed by atoms with Crippen molar-refractivity contribution in [3.05, 3.63) is 35.9 Å². The molecule has 0 atom stereocenters. The van der Waals surface area contributed by atoms with Crippen LogP contribution in [0.2, 0.25) is 0 Å². The Morgan fingerprint density at radius 2 is 2.04 bits per heavy atom. The monoisotopic (exact) mass is 329 g/mol. The Morgan fingerprint density at radius 3 is 2.75 bits per heavy atom. The smallest absolute Gasteiger partial charge is 0.191 e. The van der Waals surface area contributed by atoms with Gasteiger partial charge >= 0.3 is 0 Å². The van der Waals surface area contributed by atoms with E-state index in [-0.39, 0.29) is 0 Å². The number of aromatic nitrogens is 1. The molecule has 1 heterocycles. The molecule has 0 amide bonds. The van der Waals surface area contributed by atoms with E-state index >= 15 is 0 Å². The van der Waals surface area contributed by atoms with Crippen molar-refractivity contribution < 1.29 is 4.74 Å². The van der Waals surface area contributed by atoms with Crippen LogP contribution >= 0.6 is 0 Å². The molecule has 0 saturated heterocycles. The minimum atomic E-state index is 0.688. The van der Waals surface area contributed by atoms with Crippen LogP contribution in [-0.2, 0) is 11.3 Å². The molecular formula is C18H27N5O. The number of anilines is 1. The first kappa shape index (κ1) is 18.0. The second kappa shape index (κ2) is 9.08. The van der Waals surface area contributed by atoms with Gasteiger partial charge in [-0.1, -0.05) is 18.2 Å². The van der Waals surface area contributed by atoms with Gasteiger partial charge in [0.05, 0.1) is 5.52 Å². The summed E-state index contributed by atoms with van der Waals surface area (Å²) in [5.41, 5.74) is 2.20. The fraction of sp³-hybridized carbons (Fsp3) is 0.444. The highest BCUT2D eigenvalue weighted by Gasteiger charge is 2.07. The molecule has 0 radical (unpaired) electrons. The number of benzene rings is 1. The molecule has 1 aromatic heterocycles. The normalized spacial score (nSPS) is 11.6. The Morgan fingerprint density at radius 1 is 1.25 bits per heavy atom. The lowest BCUT2D eigenvalue weighted by atomic mass is 10.1. The standard InChI is InChI=1S/C18H27N5O/c1-19-18(20-10-7-11-24-4)21-13-14-12-17(23(2)3)22-16-9-6-5-8-15(14)16/h5-6,8-9,12H,7,10-11,13H2,1-4H3,(H2,19,20,21). The number of methoxy groups -OCH3 is 1. The fourth-order valence-electron chi connectivity index (χ4n) is 2.43. The zero-order chi connectivity index (χ0) is 17.4. The predicted octanol–water partition coefficient (Wildman–Crippen LogP) is 2.00. The van der Waals surface area contributed by atoms with Crippen LogP contribution in [0.25, 0.3) is 10.9 Å². The van der Waals surface area contributed by atoms with E-state index in [0.29, 0.717) is 6.54 Å². The Labute approximate surface area is 143 Å². The SMILES string of the molecule is CN=C(NCCCOC)NCc1cc(N(C)C)nc2ccccc12. The van der Waals surface area contributed by atoms with Crippen molar-refractivity contribution >= 4 is 22.7 Å². The molecule has 0 unspecified atom stereocenters. The summed E-state index contributed by atoms with van der Waals surface area (Å²) in [4.78, 5) is 11.0. The molecule has 0 fully saturated rings. The molecule has 24 heavy (non-hydrogen) atoms. The largest absolute Gasteiger partial charge is 0.385 e. The lowest BCUT2D eigenvalue weighted by Crippen LogP contribution is -2.37. The molecule has 0 aliphatic carbocycles. The molecule has 2 rings (SSSR count). The van der Waals surface area contributed by atoms with Gasteiger partial charge in [0.25, 0.3) is 0 Å². The number of hydrogen-bond acceptors (Lipinski definition) is 4. The Hall–Kier alpha value is -2.34. The highest BCUT2D eigenvalue weighted by atomic mass is 16.5. The summed E-state index contributed by atoms with van der Waals surface area (Å²) in [5, 5.41) is 7.82. The van der Waals surface area contributed by atoms with Crippen LogP contribution in [-0.4, -0.2) is 52.3 Å². The predicted molar refractivity (Wildman–Crippen MR) is 101 cm³/mol. The quantitative estimate of drug-likeness (QED) is 0.462. The molecular weight excluding hydrogens is 302 g/mol. The molecule has 0 aliphatic rings. The van der Waals surface area contributed by atoms with Gasteiger partial charge in [0, 0.05) is 53.3 Å². The number of fused-ring (bicyclic) bond motifs is 1. The lowest BCUT2D eigenvalue weighted by Gasteiger charge is -2.17. The minimum absolute atomic E-state index is 0.688. The van der Waals surface area contributed by atoms with Gasteiger partial charge in [0.1, 0.15) is 5.82 Å². The van der Waals surface area contributed by atoms with E-state index in [0.717, 1.165) is 42.3 Å². The third kappa shape index (κ3) is 4.83. The van der Waals surface area contributed by atoms with Crippen molar-refractivity contribution in [2.24, 2.45) is 4.99 Å². The van der Waals surface area contributed by atoms with E-state index in [1.54, 1.807) is 14.2 Å². The summed E-state index contributed by atoms with van der Waals surface area (Å²) >= 11 is 0. The third-order valence-electron chi connectivity index (χ3n) is 3.73. The average Bonchev–Trinajstić information content (AvgIpc) is 2.60. The molecule has 1 aromatic carbocycles. The third-order valence-corrected chi connectivity index (χ3v) is 3.73. The van der Waals surface area contributed by atoms with Gasteiger partial charge in [-0.05, 0) is 24.1 Å². The number of pyridine rings is 1. The number of nitrogens with zero attached hydrogens (tertiary/aromatic N) is 3. The molecule has 2 N–H and O–H groups in total. The highest BCUT2D eigenvalue weighted by Crippen LogP contribution is 2.21. The zero-order valence-electron chi connectivity index (χ0n) is 15.0. The van der Waals surface area contributed by atoms with Gasteiger partial charge in [0.2, 0.25) is 0 Å². The molecule has 6 nitrogen and oxygen atoms in total. The van der Waals surface area contributed by atoms with E-state index in [1.807, 2.05) is 37.2 Å². The number of rotatable bonds is 7. The van der Waals surface area contributed by atoms with Crippen LogP contribution in [0.5, 0.6) is 0 Å². The zero-order valence-corrected chi connectivity index (χ0v) is 15.0. The number of para-hydroxylation sites is 1. The van der Waals surface area contributed by atoms with E-state index < -0.39 is 0 Å². The minimum Gasteiger partial charge on any atom is -0.385 e. The van der Waals surface area contributed by atoms with Crippen molar-refractivity contribution in [2.45, 2.75) is 13.0 Å². The maximum atomic E-state index is 5.06. The van der Waals surface area contributed by atoms with Crippen molar-refractivity contribution in [3.8, 4) is 0 Å². The lowest BCUT2D eigenvalue weighted by molar-refractivity contribution is 0.195. The van der Waals surface area contributed by atoms with Crippen LogP contribution in [0.3, 0.4) is 0 Å². The summed E-state index contributed by atoms with van der Waals surface area (Å²) in [6.07, 6.45) is 0.945. The van der Waals surface area contributed by atoms with Crippen LogP contribution in [0, 0.1) is 0 Å². The molecule has 0 bridgehead atoms. The number of guanidine groups is 1. The second-order valence-electron chi connectivity index (χ2n) is 5.75. The maximum Gasteiger partial charge on any atom is 0.191 e. The topological polar surface area (TPSA) is 61.8 Å². The van der Waals surface area contributed by atoms with Gasteiger partial charge in [0.15, 0.2) is 5.96 Å². The molecule has 0 aliphatic heterocycles. The van der Waals surface area contributed by atoms with Gasteiger partial charge < -0.3 is 20.3 Å². The van der Waals surface area contributed by atoms with Crippen LogP contribution in [0.15, 0.2) is 35.3 Å². The second-order valence-corrected chi connectivity index (χ2v) is 5.75. The number of nitrogens with one attached hydrogen (secondary N) is 2. The van der Waals surface area contributed by atoms with Gasteiger partial charge in [-0.15, -0.1) is 0 Å². The Balaban J connectivity index is 2.10. The number of hydrogen-bond donors (Lipinski definition) is 2. The highest BCUT2D eigenvalue weighted by molar-refractivity contribution is 5.85. The molecule has 0 saturated carbocycles. The van der Waals surface area contributed by atoms with Crippen LogP contribution in [0.1, 0.15) is 12.0 Å². The summed E-state index contributed by atoms with van der Waals surface area (Å²) in [7, 11) is 7.50. The summed E-state index contributed by atoms with van der Waals surface area (Å²) in [6.45, 7) is 2.26. The van der Waals surface area contributed by atoms with Gasteiger partial charge in [-0.3, -0.25) is 4.99 Å². The van der Waals surface area contributed by atoms with Crippen LogP contribution < -0.4 is 15.5 Å². The number of ether oxygens (including phenoxy) is 1. The first-order valence-electron chi connectivity index (χ1n) is 8.15. The van der Waals surface area contributed by atoms with E-state index in [2.05, 4.69) is 27.8 Å². The number of aliphatic imine (C=N–C) groups is 1. The summed E-state index contributed by atoms with van der Waals surface area (Å²) in [5.74, 6) is 1.74. The van der Waals surface area contributed by atoms with E-state index in [1.165, 1.54) is 5.56 Å². The first-order valence-corrected chi connectivity index (χ1v) is 8.15. The van der Waals surface area contributed by atoms with Crippen molar-refractivity contribution in [2.75, 3.05) is 46.3 Å². The van der Waals surface area contributed by atoms with Crippen LogP contribution in [0.4, 0.5) is 5.82 Å².